The molecule has 0 aliphatic carbocycles. The third-order valence-corrected chi connectivity index (χ3v) is 5.87. The van der Waals surface area contributed by atoms with Crippen LogP contribution in [0.4, 0.5) is 0 Å². The van der Waals surface area contributed by atoms with Gasteiger partial charge in [-0.1, -0.05) is 36.4 Å². The van der Waals surface area contributed by atoms with Crippen molar-refractivity contribution in [1.82, 2.24) is 20.2 Å². The fraction of sp³-hybridized carbons (Fsp3) is 0.364. The van der Waals surface area contributed by atoms with Gasteiger partial charge in [0.15, 0.2) is 5.82 Å². The molecule has 0 radical (unpaired) electrons. The molecule has 2 aliphatic heterocycles. The maximum atomic E-state index is 5.57. The molecule has 5 nitrogen and oxygen atoms in total. The van der Waals surface area contributed by atoms with Gasteiger partial charge in [-0.3, -0.25) is 4.90 Å². The molecule has 138 valence electrons. The smallest absolute Gasteiger partial charge is 0.150 e. The van der Waals surface area contributed by atoms with Crippen LogP contribution in [0, 0.1) is 0 Å². The molecule has 1 aromatic heterocycles. The molecule has 2 saturated heterocycles. The Bertz CT molecular complexity index is 946. The van der Waals surface area contributed by atoms with E-state index in [0.29, 0.717) is 0 Å². The summed E-state index contributed by atoms with van der Waals surface area (Å²) in [5.74, 6) is 0.931. The minimum Gasteiger partial charge on any atom is -0.379 e. The predicted molar refractivity (Wildman–Crippen MR) is 107 cm³/mol. The molecule has 2 aromatic carbocycles. The zero-order chi connectivity index (χ0) is 18.1. The van der Waals surface area contributed by atoms with E-state index in [2.05, 4.69) is 52.7 Å². The SMILES string of the molecule is c1ccc2cc(-c3ccnc([C@@]4(N5CCOCC5)CCNC4)n3)ccc2c1. The molecule has 1 atom stereocenters. The predicted octanol–water partition coefficient (Wildman–Crippen LogP) is 2.82. The van der Waals surface area contributed by atoms with Crippen LogP contribution >= 0.6 is 0 Å². The molecule has 0 unspecified atom stereocenters. The maximum absolute atomic E-state index is 5.57. The summed E-state index contributed by atoms with van der Waals surface area (Å²) in [6.45, 7) is 5.34. The van der Waals surface area contributed by atoms with Gasteiger partial charge >= 0.3 is 0 Å². The maximum Gasteiger partial charge on any atom is 0.150 e. The van der Waals surface area contributed by atoms with Crippen LogP contribution < -0.4 is 5.32 Å². The van der Waals surface area contributed by atoms with Gasteiger partial charge in [-0.05, 0) is 35.9 Å². The number of fused-ring (bicyclic) bond motifs is 1. The second kappa shape index (κ2) is 7.00. The summed E-state index contributed by atoms with van der Waals surface area (Å²) in [5.41, 5.74) is 2.00. The van der Waals surface area contributed by atoms with Crippen LogP contribution in [0.25, 0.3) is 22.0 Å². The normalized spacial score (nSPS) is 23.7. The van der Waals surface area contributed by atoms with Crippen LogP contribution in [0.15, 0.2) is 54.7 Å². The Morgan fingerprint density at radius 1 is 1.00 bits per heavy atom. The average molecular weight is 360 g/mol. The zero-order valence-corrected chi connectivity index (χ0v) is 15.4. The molecule has 0 spiro atoms. The van der Waals surface area contributed by atoms with E-state index in [1.165, 1.54) is 10.8 Å². The van der Waals surface area contributed by atoms with Crippen molar-refractivity contribution in [2.24, 2.45) is 0 Å². The average Bonchev–Trinajstić information content (AvgIpc) is 3.25. The number of rotatable bonds is 3. The van der Waals surface area contributed by atoms with E-state index in [1.54, 1.807) is 0 Å². The van der Waals surface area contributed by atoms with Gasteiger partial charge in [0.25, 0.3) is 0 Å². The second-order valence-corrected chi connectivity index (χ2v) is 7.39. The summed E-state index contributed by atoms with van der Waals surface area (Å²) in [7, 11) is 0. The quantitative estimate of drug-likeness (QED) is 0.778. The van der Waals surface area contributed by atoms with Gasteiger partial charge in [-0.2, -0.15) is 0 Å². The summed E-state index contributed by atoms with van der Waals surface area (Å²) in [6.07, 6.45) is 2.95. The first-order chi connectivity index (χ1) is 13.4. The summed E-state index contributed by atoms with van der Waals surface area (Å²) in [5, 5.41) is 6.02. The van der Waals surface area contributed by atoms with Crippen LogP contribution in [0.2, 0.25) is 0 Å². The van der Waals surface area contributed by atoms with E-state index in [-0.39, 0.29) is 5.54 Å². The van der Waals surface area contributed by atoms with Gasteiger partial charge in [0.2, 0.25) is 0 Å². The number of aromatic nitrogens is 2. The van der Waals surface area contributed by atoms with Gasteiger partial charge < -0.3 is 10.1 Å². The number of nitrogens with zero attached hydrogens (tertiary/aromatic N) is 3. The van der Waals surface area contributed by atoms with Gasteiger partial charge in [-0.25, -0.2) is 9.97 Å². The Labute approximate surface area is 159 Å². The molecule has 0 amide bonds. The fourth-order valence-electron chi connectivity index (χ4n) is 4.36. The molecule has 1 N–H and O–H groups in total. The first-order valence-corrected chi connectivity index (χ1v) is 9.71. The highest BCUT2D eigenvalue weighted by molar-refractivity contribution is 5.86. The summed E-state index contributed by atoms with van der Waals surface area (Å²) >= 11 is 0. The summed E-state index contributed by atoms with van der Waals surface area (Å²) in [6, 6.07) is 17.0. The number of morpholine rings is 1. The standard InChI is InChI=1S/C22H24N4O/c1-2-4-18-15-19(6-5-17(18)3-1)20-7-9-24-21(25-20)22(8-10-23-16-22)26-11-13-27-14-12-26/h1-7,9,15,23H,8,10-14,16H2/t22-/m1/s1. The van der Waals surface area contributed by atoms with Crippen LogP contribution in [0.3, 0.4) is 0 Å². The molecule has 3 heterocycles. The third-order valence-electron chi connectivity index (χ3n) is 5.87. The van der Waals surface area contributed by atoms with E-state index in [9.17, 15) is 0 Å². The number of nitrogens with one attached hydrogen (secondary N) is 1. The fourth-order valence-corrected chi connectivity index (χ4v) is 4.36. The minimum absolute atomic E-state index is 0.128. The van der Waals surface area contributed by atoms with Crippen molar-refractivity contribution in [2.45, 2.75) is 12.0 Å². The molecule has 3 aromatic rings. The lowest BCUT2D eigenvalue weighted by atomic mass is 9.93. The van der Waals surface area contributed by atoms with Gasteiger partial charge in [-0.15, -0.1) is 0 Å². The Hall–Kier alpha value is -2.34. The molecular formula is C22H24N4O. The lowest BCUT2D eigenvalue weighted by molar-refractivity contribution is -0.0211. The van der Waals surface area contributed by atoms with Crippen molar-refractivity contribution in [2.75, 3.05) is 39.4 Å². The highest BCUT2D eigenvalue weighted by atomic mass is 16.5. The van der Waals surface area contributed by atoms with E-state index in [1.807, 2.05) is 12.3 Å². The van der Waals surface area contributed by atoms with Crippen molar-refractivity contribution in [3.63, 3.8) is 0 Å². The van der Waals surface area contributed by atoms with Gasteiger partial charge in [0.05, 0.1) is 24.4 Å². The Kier molecular flexibility index (Phi) is 4.36. The van der Waals surface area contributed by atoms with Crippen LogP contribution in [-0.4, -0.2) is 54.3 Å². The monoisotopic (exact) mass is 360 g/mol. The third kappa shape index (κ3) is 3.02. The summed E-state index contributed by atoms with van der Waals surface area (Å²) < 4.78 is 5.57. The summed E-state index contributed by atoms with van der Waals surface area (Å²) in [4.78, 5) is 12.3. The van der Waals surface area contributed by atoms with E-state index < -0.39 is 0 Å². The second-order valence-electron chi connectivity index (χ2n) is 7.39. The molecule has 5 heteroatoms. The zero-order valence-electron chi connectivity index (χ0n) is 15.4. The molecule has 0 saturated carbocycles. The largest absolute Gasteiger partial charge is 0.379 e. The first kappa shape index (κ1) is 16.8. The highest BCUT2D eigenvalue weighted by Crippen LogP contribution is 2.34. The molecule has 2 fully saturated rings. The number of benzene rings is 2. The number of ether oxygens (including phenoxy) is 1. The van der Waals surface area contributed by atoms with Crippen molar-refractivity contribution >= 4 is 10.8 Å². The van der Waals surface area contributed by atoms with E-state index >= 15 is 0 Å². The molecule has 0 bridgehead atoms. The number of hydrogen-bond acceptors (Lipinski definition) is 5. The Balaban J connectivity index is 1.55. The number of hydrogen-bond donors (Lipinski definition) is 1. The van der Waals surface area contributed by atoms with Crippen LogP contribution in [-0.2, 0) is 10.3 Å². The molecule has 27 heavy (non-hydrogen) atoms. The Morgan fingerprint density at radius 3 is 2.67 bits per heavy atom. The highest BCUT2D eigenvalue weighted by Gasteiger charge is 2.44. The van der Waals surface area contributed by atoms with Crippen molar-refractivity contribution < 1.29 is 4.74 Å². The van der Waals surface area contributed by atoms with Crippen molar-refractivity contribution in [3.8, 4) is 11.3 Å². The first-order valence-electron chi connectivity index (χ1n) is 9.71. The van der Waals surface area contributed by atoms with Crippen LogP contribution in [0.5, 0.6) is 0 Å². The molecule has 5 rings (SSSR count). The van der Waals surface area contributed by atoms with Gasteiger partial charge in [0.1, 0.15) is 0 Å². The minimum atomic E-state index is -0.128. The lowest BCUT2D eigenvalue weighted by Gasteiger charge is -2.41. The van der Waals surface area contributed by atoms with Crippen molar-refractivity contribution in [1.29, 1.82) is 0 Å². The van der Waals surface area contributed by atoms with E-state index in [0.717, 1.165) is 62.9 Å². The molecule has 2 aliphatic rings. The van der Waals surface area contributed by atoms with Crippen molar-refractivity contribution in [3.05, 3.63) is 60.6 Å². The van der Waals surface area contributed by atoms with Gasteiger partial charge in [0, 0.05) is 31.4 Å². The van der Waals surface area contributed by atoms with E-state index in [4.69, 9.17) is 14.7 Å². The lowest BCUT2D eigenvalue weighted by Crippen LogP contribution is -2.53. The Morgan fingerprint density at radius 2 is 1.85 bits per heavy atom. The van der Waals surface area contributed by atoms with Crippen LogP contribution in [0.1, 0.15) is 12.2 Å². The topological polar surface area (TPSA) is 50.3 Å². The molecular weight excluding hydrogens is 336 g/mol.